The number of hydrogen-bond donors (Lipinski definition) is 1. The van der Waals surface area contributed by atoms with Crippen LogP contribution >= 0.6 is 0 Å². The maximum atomic E-state index is 10.3. The van der Waals surface area contributed by atoms with Gasteiger partial charge in [-0.2, -0.15) is 0 Å². The van der Waals surface area contributed by atoms with E-state index in [0.717, 1.165) is 18.7 Å². The van der Waals surface area contributed by atoms with Crippen LogP contribution in [0.5, 0.6) is 11.5 Å². The van der Waals surface area contributed by atoms with E-state index in [-0.39, 0.29) is 5.75 Å². The lowest BCUT2D eigenvalue weighted by Crippen LogP contribution is -2.31. The van der Waals surface area contributed by atoms with Crippen molar-refractivity contribution < 1.29 is 9.84 Å². The molecule has 3 heteroatoms. The maximum Gasteiger partial charge on any atom is 0.162 e. The number of rotatable bonds is 9. The highest BCUT2D eigenvalue weighted by Gasteiger charge is 2.14. The SMILES string of the molecule is CCCCCN(Cc1cccc(OCC)c1O)C(C)C. The summed E-state index contributed by atoms with van der Waals surface area (Å²) >= 11 is 0. The van der Waals surface area contributed by atoms with Crippen molar-refractivity contribution in [3.8, 4) is 11.5 Å². The molecule has 3 nitrogen and oxygen atoms in total. The molecule has 1 rings (SSSR count). The number of para-hydroxylation sites is 1. The summed E-state index contributed by atoms with van der Waals surface area (Å²) in [6.07, 6.45) is 3.70. The largest absolute Gasteiger partial charge is 0.504 e. The lowest BCUT2D eigenvalue weighted by molar-refractivity contribution is 0.205. The molecule has 1 aromatic carbocycles. The van der Waals surface area contributed by atoms with E-state index in [4.69, 9.17) is 4.74 Å². The first-order valence-corrected chi connectivity index (χ1v) is 7.77. The minimum atomic E-state index is 0.287. The number of phenolic OH excluding ortho intramolecular Hbond substituents is 1. The topological polar surface area (TPSA) is 32.7 Å². The van der Waals surface area contributed by atoms with Gasteiger partial charge in [-0.25, -0.2) is 0 Å². The Morgan fingerprint density at radius 1 is 1.20 bits per heavy atom. The second-order valence-corrected chi connectivity index (χ2v) is 5.47. The van der Waals surface area contributed by atoms with E-state index in [9.17, 15) is 5.11 Å². The van der Waals surface area contributed by atoms with Crippen molar-refractivity contribution in [1.82, 2.24) is 4.90 Å². The standard InChI is InChI=1S/C17H29NO2/c1-5-7-8-12-18(14(3)4)13-15-10-9-11-16(17(15)19)20-6-2/h9-11,14,19H,5-8,12-13H2,1-4H3. The Balaban J connectivity index is 2.75. The van der Waals surface area contributed by atoms with Crippen molar-refractivity contribution in [2.45, 2.75) is 59.5 Å². The van der Waals surface area contributed by atoms with Crippen LogP contribution < -0.4 is 4.74 Å². The average molecular weight is 279 g/mol. The van der Waals surface area contributed by atoms with E-state index in [1.54, 1.807) is 0 Å². The zero-order chi connectivity index (χ0) is 15.0. The number of nitrogens with zero attached hydrogens (tertiary/aromatic N) is 1. The van der Waals surface area contributed by atoms with Crippen molar-refractivity contribution in [3.63, 3.8) is 0 Å². The van der Waals surface area contributed by atoms with Gasteiger partial charge in [0.1, 0.15) is 0 Å². The van der Waals surface area contributed by atoms with Gasteiger partial charge in [-0.3, -0.25) is 4.90 Å². The summed E-state index contributed by atoms with van der Waals surface area (Å²) in [5.74, 6) is 0.873. The molecule has 0 aliphatic heterocycles. The van der Waals surface area contributed by atoms with Crippen LogP contribution in [0.15, 0.2) is 18.2 Å². The van der Waals surface area contributed by atoms with Crippen LogP contribution in [-0.4, -0.2) is 29.2 Å². The molecule has 0 aliphatic rings. The summed E-state index contributed by atoms with van der Waals surface area (Å²) in [6, 6.07) is 6.22. The van der Waals surface area contributed by atoms with Gasteiger partial charge in [0.15, 0.2) is 11.5 Å². The van der Waals surface area contributed by atoms with Crippen molar-refractivity contribution in [2.75, 3.05) is 13.2 Å². The van der Waals surface area contributed by atoms with Gasteiger partial charge in [-0.05, 0) is 39.8 Å². The van der Waals surface area contributed by atoms with E-state index in [1.807, 2.05) is 25.1 Å². The van der Waals surface area contributed by atoms with Crippen LogP contribution in [0.2, 0.25) is 0 Å². The molecule has 0 fully saturated rings. The Hall–Kier alpha value is -1.22. The number of ether oxygens (including phenoxy) is 1. The van der Waals surface area contributed by atoms with Crippen molar-refractivity contribution >= 4 is 0 Å². The van der Waals surface area contributed by atoms with Crippen LogP contribution in [0.4, 0.5) is 0 Å². The molecule has 0 aliphatic carbocycles. The van der Waals surface area contributed by atoms with Crippen LogP contribution in [0, 0.1) is 0 Å². The number of phenols is 1. The highest BCUT2D eigenvalue weighted by Crippen LogP contribution is 2.31. The summed E-state index contributed by atoms with van der Waals surface area (Å²) in [6.45, 7) is 11.0. The predicted molar refractivity (Wildman–Crippen MR) is 84.3 cm³/mol. The van der Waals surface area contributed by atoms with Crippen LogP contribution in [0.1, 0.15) is 52.5 Å². The third-order valence-electron chi connectivity index (χ3n) is 3.54. The third-order valence-corrected chi connectivity index (χ3v) is 3.54. The quantitative estimate of drug-likeness (QED) is 0.688. The normalized spacial score (nSPS) is 11.3. The van der Waals surface area contributed by atoms with Gasteiger partial charge < -0.3 is 9.84 Å². The average Bonchev–Trinajstić information content (AvgIpc) is 2.42. The Morgan fingerprint density at radius 3 is 2.55 bits per heavy atom. The monoisotopic (exact) mass is 279 g/mol. The molecule has 114 valence electrons. The van der Waals surface area contributed by atoms with E-state index < -0.39 is 0 Å². The molecule has 0 bridgehead atoms. The first-order chi connectivity index (χ1) is 9.60. The van der Waals surface area contributed by atoms with Gasteiger partial charge in [0, 0.05) is 18.2 Å². The Labute approximate surface area is 123 Å². The molecule has 0 spiro atoms. The second kappa shape index (κ2) is 8.85. The van der Waals surface area contributed by atoms with E-state index in [1.165, 1.54) is 19.3 Å². The van der Waals surface area contributed by atoms with Crippen LogP contribution in [0.3, 0.4) is 0 Å². The number of aromatic hydroxyl groups is 1. The fourth-order valence-electron chi connectivity index (χ4n) is 2.27. The molecule has 0 heterocycles. The van der Waals surface area contributed by atoms with Crippen molar-refractivity contribution in [3.05, 3.63) is 23.8 Å². The molecule has 0 atom stereocenters. The second-order valence-electron chi connectivity index (χ2n) is 5.47. The Kier molecular flexibility index (Phi) is 7.45. The van der Waals surface area contributed by atoms with Crippen LogP contribution in [-0.2, 0) is 6.54 Å². The maximum absolute atomic E-state index is 10.3. The fourth-order valence-corrected chi connectivity index (χ4v) is 2.27. The molecule has 0 unspecified atom stereocenters. The minimum absolute atomic E-state index is 0.287. The van der Waals surface area contributed by atoms with Gasteiger partial charge in [-0.1, -0.05) is 31.9 Å². The highest BCUT2D eigenvalue weighted by atomic mass is 16.5. The van der Waals surface area contributed by atoms with E-state index in [0.29, 0.717) is 18.4 Å². The molecule has 1 aromatic rings. The summed E-state index contributed by atoms with van der Waals surface area (Å²) in [5, 5.41) is 10.3. The fraction of sp³-hybridized carbons (Fsp3) is 0.647. The van der Waals surface area contributed by atoms with Crippen LogP contribution in [0.25, 0.3) is 0 Å². The molecule has 20 heavy (non-hydrogen) atoms. The summed E-state index contributed by atoms with van der Waals surface area (Å²) in [5.41, 5.74) is 0.946. The number of unbranched alkanes of at least 4 members (excludes halogenated alkanes) is 2. The van der Waals surface area contributed by atoms with Gasteiger partial charge in [0.05, 0.1) is 6.61 Å². The predicted octanol–water partition coefficient (Wildman–Crippen LogP) is 4.19. The molecule has 0 saturated carbocycles. The Bertz CT molecular complexity index is 391. The number of hydrogen-bond acceptors (Lipinski definition) is 3. The highest BCUT2D eigenvalue weighted by molar-refractivity contribution is 5.45. The molecule has 0 aromatic heterocycles. The zero-order valence-electron chi connectivity index (χ0n) is 13.4. The minimum Gasteiger partial charge on any atom is -0.504 e. The summed E-state index contributed by atoms with van der Waals surface area (Å²) < 4.78 is 5.45. The third kappa shape index (κ3) is 5.04. The Morgan fingerprint density at radius 2 is 1.95 bits per heavy atom. The van der Waals surface area contributed by atoms with Crippen molar-refractivity contribution in [1.29, 1.82) is 0 Å². The van der Waals surface area contributed by atoms with Gasteiger partial charge in [0.2, 0.25) is 0 Å². The zero-order valence-corrected chi connectivity index (χ0v) is 13.4. The summed E-state index contributed by atoms with van der Waals surface area (Å²) in [7, 11) is 0. The molecular weight excluding hydrogens is 250 g/mol. The molecular formula is C17H29NO2. The first-order valence-electron chi connectivity index (χ1n) is 7.77. The number of benzene rings is 1. The van der Waals surface area contributed by atoms with Gasteiger partial charge in [0.25, 0.3) is 0 Å². The molecule has 0 radical (unpaired) electrons. The lowest BCUT2D eigenvalue weighted by Gasteiger charge is -2.27. The smallest absolute Gasteiger partial charge is 0.162 e. The van der Waals surface area contributed by atoms with E-state index in [2.05, 4.69) is 25.7 Å². The van der Waals surface area contributed by atoms with Crippen molar-refractivity contribution in [2.24, 2.45) is 0 Å². The summed E-state index contributed by atoms with van der Waals surface area (Å²) in [4.78, 5) is 2.40. The molecule has 0 saturated heterocycles. The first kappa shape index (κ1) is 16.8. The molecule has 0 amide bonds. The van der Waals surface area contributed by atoms with Gasteiger partial charge >= 0.3 is 0 Å². The van der Waals surface area contributed by atoms with Gasteiger partial charge in [-0.15, -0.1) is 0 Å². The van der Waals surface area contributed by atoms with E-state index >= 15 is 0 Å². The molecule has 1 N–H and O–H groups in total. The lowest BCUT2D eigenvalue weighted by atomic mass is 10.1.